The molecule has 6 rings (SSSR count). The SMILES string of the molecule is CCC(C)(C)C(=O)OC12CC3CC(CC(OCC4CCC5OC5C4)(C3)C1)C2. The monoisotopic (exact) mass is 376 g/mol. The molecule has 1 aliphatic heterocycles. The van der Waals surface area contributed by atoms with Crippen LogP contribution in [0.3, 0.4) is 0 Å². The van der Waals surface area contributed by atoms with E-state index in [2.05, 4.69) is 6.92 Å². The second-order valence-electron chi connectivity index (χ2n) is 11.2. The summed E-state index contributed by atoms with van der Waals surface area (Å²) >= 11 is 0. The number of ether oxygens (including phenoxy) is 3. The van der Waals surface area contributed by atoms with Crippen molar-refractivity contribution in [3.63, 3.8) is 0 Å². The van der Waals surface area contributed by atoms with Crippen molar-refractivity contribution in [1.29, 1.82) is 0 Å². The molecule has 152 valence electrons. The van der Waals surface area contributed by atoms with Crippen LogP contribution in [0.5, 0.6) is 0 Å². The van der Waals surface area contributed by atoms with Gasteiger partial charge in [0.25, 0.3) is 0 Å². The van der Waals surface area contributed by atoms with E-state index >= 15 is 0 Å². The predicted molar refractivity (Wildman–Crippen MR) is 102 cm³/mol. The summed E-state index contributed by atoms with van der Waals surface area (Å²) in [5.41, 5.74) is -0.687. The van der Waals surface area contributed by atoms with E-state index in [0.717, 1.165) is 32.3 Å². The molecule has 4 heteroatoms. The van der Waals surface area contributed by atoms with Gasteiger partial charge in [-0.25, -0.2) is 0 Å². The summed E-state index contributed by atoms with van der Waals surface area (Å²) in [4.78, 5) is 12.9. The molecule has 0 aromatic carbocycles. The first-order chi connectivity index (χ1) is 12.8. The first kappa shape index (κ1) is 18.4. The van der Waals surface area contributed by atoms with Crippen molar-refractivity contribution in [3.05, 3.63) is 0 Å². The average molecular weight is 377 g/mol. The smallest absolute Gasteiger partial charge is 0.312 e. The lowest BCUT2D eigenvalue weighted by atomic mass is 9.52. The number of epoxide rings is 1. The molecular weight excluding hydrogens is 340 g/mol. The molecule has 5 unspecified atom stereocenters. The molecule has 5 atom stereocenters. The van der Waals surface area contributed by atoms with E-state index in [1.165, 1.54) is 38.5 Å². The van der Waals surface area contributed by atoms with Crippen molar-refractivity contribution >= 4 is 5.97 Å². The van der Waals surface area contributed by atoms with Crippen molar-refractivity contribution in [2.75, 3.05) is 6.61 Å². The van der Waals surface area contributed by atoms with Crippen LogP contribution in [0.1, 0.15) is 85.0 Å². The maximum atomic E-state index is 12.9. The molecule has 4 nitrogen and oxygen atoms in total. The fourth-order valence-electron chi connectivity index (χ4n) is 6.80. The van der Waals surface area contributed by atoms with E-state index in [0.29, 0.717) is 30.0 Å². The summed E-state index contributed by atoms with van der Waals surface area (Å²) in [6, 6.07) is 0. The van der Waals surface area contributed by atoms with Crippen LogP contribution in [0.2, 0.25) is 0 Å². The molecule has 27 heavy (non-hydrogen) atoms. The number of carbonyl (C=O) groups is 1. The van der Waals surface area contributed by atoms with E-state index in [1.54, 1.807) is 0 Å². The Bertz CT molecular complexity index is 597. The maximum Gasteiger partial charge on any atom is 0.312 e. The van der Waals surface area contributed by atoms with Gasteiger partial charge < -0.3 is 14.2 Å². The van der Waals surface area contributed by atoms with Crippen molar-refractivity contribution in [1.82, 2.24) is 0 Å². The van der Waals surface area contributed by atoms with Gasteiger partial charge in [0.2, 0.25) is 0 Å². The van der Waals surface area contributed by atoms with Gasteiger partial charge in [-0.1, -0.05) is 6.92 Å². The van der Waals surface area contributed by atoms with Crippen LogP contribution in [0.15, 0.2) is 0 Å². The van der Waals surface area contributed by atoms with Crippen molar-refractivity contribution in [3.8, 4) is 0 Å². The second-order valence-corrected chi connectivity index (χ2v) is 11.2. The summed E-state index contributed by atoms with van der Waals surface area (Å²) in [7, 11) is 0. The molecule has 1 saturated heterocycles. The average Bonchev–Trinajstić information content (AvgIpc) is 3.37. The normalized spacial score (nSPS) is 47.6. The van der Waals surface area contributed by atoms with Crippen LogP contribution < -0.4 is 0 Å². The third-order valence-electron chi connectivity index (χ3n) is 8.44. The minimum Gasteiger partial charge on any atom is -0.459 e. The zero-order valence-electron chi connectivity index (χ0n) is 17.3. The van der Waals surface area contributed by atoms with Crippen molar-refractivity contribution in [2.24, 2.45) is 23.2 Å². The van der Waals surface area contributed by atoms with E-state index in [9.17, 15) is 4.79 Å². The predicted octanol–water partition coefficient (Wildman–Crippen LogP) is 4.64. The van der Waals surface area contributed by atoms with Crippen LogP contribution in [-0.2, 0) is 19.0 Å². The fraction of sp³-hybridized carbons (Fsp3) is 0.957. The van der Waals surface area contributed by atoms with E-state index in [1.807, 2.05) is 13.8 Å². The molecular formula is C23H36O4. The number of hydrogen-bond acceptors (Lipinski definition) is 4. The lowest BCUT2D eigenvalue weighted by Crippen LogP contribution is -2.62. The van der Waals surface area contributed by atoms with Gasteiger partial charge >= 0.3 is 5.97 Å². The van der Waals surface area contributed by atoms with Gasteiger partial charge in [-0.3, -0.25) is 4.79 Å². The zero-order chi connectivity index (χ0) is 18.9. The Morgan fingerprint density at radius 1 is 1.04 bits per heavy atom. The summed E-state index contributed by atoms with van der Waals surface area (Å²) < 4.78 is 18.7. The Labute approximate surface area is 163 Å². The first-order valence-corrected chi connectivity index (χ1v) is 11.3. The molecule has 6 aliphatic rings. The molecule has 6 fully saturated rings. The summed E-state index contributed by atoms with van der Waals surface area (Å²) in [5.74, 6) is 1.99. The van der Waals surface area contributed by atoms with E-state index in [-0.39, 0.29) is 22.6 Å². The highest BCUT2D eigenvalue weighted by Gasteiger charge is 2.61. The number of fused-ring (bicyclic) bond motifs is 1. The number of hydrogen-bond donors (Lipinski definition) is 0. The van der Waals surface area contributed by atoms with Crippen molar-refractivity contribution < 1.29 is 19.0 Å². The number of esters is 1. The Morgan fingerprint density at radius 3 is 2.41 bits per heavy atom. The van der Waals surface area contributed by atoms with Gasteiger partial charge in [0.05, 0.1) is 29.8 Å². The molecule has 0 spiro atoms. The third-order valence-corrected chi connectivity index (χ3v) is 8.44. The third kappa shape index (κ3) is 3.35. The molecule has 0 aromatic rings. The molecule has 0 amide bonds. The standard InChI is InChI=1S/C23H36O4/c1-4-21(2,3)20(24)27-23-11-16-7-17(12-23)10-22(9-16,14-23)25-13-15-5-6-18-19(8-15)26-18/h15-19H,4-14H2,1-3H3. The Balaban J connectivity index is 1.27. The van der Waals surface area contributed by atoms with Crippen LogP contribution in [0.4, 0.5) is 0 Å². The van der Waals surface area contributed by atoms with Gasteiger partial charge in [0, 0.05) is 6.42 Å². The Kier molecular flexibility index (Phi) is 4.22. The lowest BCUT2D eigenvalue weighted by molar-refractivity contribution is -0.240. The van der Waals surface area contributed by atoms with Gasteiger partial charge in [-0.05, 0) is 89.4 Å². The van der Waals surface area contributed by atoms with E-state index in [4.69, 9.17) is 14.2 Å². The lowest BCUT2D eigenvalue weighted by Gasteiger charge is -2.61. The van der Waals surface area contributed by atoms with Crippen molar-refractivity contribution in [2.45, 2.75) is 108 Å². The topological polar surface area (TPSA) is 48.1 Å². The van der Waals surface area contributed by atoms with E-state index < -0.39 is 0 Å². The van der Waals surface area contributed by atoms with Crippen LogP contribution in [0, 0.1) is 23.2 Å². The van der Waals surface area contributed by atoms with Gasteiger partial charge in [0.15, 0.2) is 0 Å². The highest BCUT2D eigenvalue weighted by molar-refractivity contribution is 5.76. The van der Waals surface area contributed by atoms with Gasteiger partial charge in [-0.2, -0.15) is 0 Å². The molecule has 5 saturated carbocycles. The van der Waals surface area contributed by atoms with Gasteiger partial charge in [0.1, 0.15) is 5.60 Å². The van der Waals surface area contributed by atoms with Crippen LogP contribution in [0.25, 0.3) is 0 Å². The molecule has 4 bridgehead atoms. The summed E-state index contributed by atoms with van der Waals surface area (Å²) in [5, 5.41) is 0. The summed E-state index contributed by atoms with van der Waals surface area (Å²) in [6.07, 6.45) is 12.2. The molecule has 5 aliphatic carbocycles. The molecule has 0 N–H and O–H groups in total. The quantitative estimate of drug-likeness (QED) is 0.500. The Hall–Kier alpha value is -0.610. The fourth-order valence-corrected chi connectivity index (χ4v) is 6.80. The van der Waals surface area contributed by atoms with Crippen LogP contribution >= 0.6 is 0 Å². The second kappa shape index (κ2) is 6.19. The molecule has 0 aromatic heterocycles. The molecule has 1 heterocycles. The highest BCUT2D eigenvalue weighted by Crippen LogP contribution is 2.60. The minimum atomic E-state index is -0.389. The number of rotatable bonds is 6. The van der Waals surface area contributed by atoms with Gasteiger partial charge in [-0.15, -0.1) is 0 Å². The Morgan fingerprint density at radius 2 is 1.74 bits per heavy atom. The molecule has 0 radical (unpaired) electrons. The maximum absolute atomic E-state index is 12.9. The first-order valence-electron chi connectivity index (χ1n) is 11.3. The minimum absolute atomic E-state index is 0.00805. The highest BCUT2D eigenvalue weighted by atomic mass is 16.6. The summed E-state index contributed by atoms with van der Waals surface area (Å²) in [6.45, 7) is 6.97. The number of carbonyl (C=O) groups excluding carboxylic acids is 1. The zero-order valence-corrected chi connectivity index (χ0v) is 17.3. The van der Waals surface area contributed by atoms with Crippen LogP contribution in [-0.4, -0.2) is 36.0 Å². The largest absolute Gasteiger partial charge is 0.459 e.